The van der Waals surface area contributed by atoms with E-state index < -0.39 is 5.97 Å². The van der Waals surface area contributed by atoms with Crippen molar-refractivity contribution in [3.63, 3.8) is 0 Å². The van der Waals surface area contributed by atoms with E-state index in [0.29, 0.717) is 29.4 Å². The number of amides is 1. The largest absolute Gasteiger partial charge is 0.493 e. The Morgan fingerprint density at radius 1 is 1.00 bits per heavy atom. The lowest BCUT2D eigenvalue weighted by molar-refractivity contribution is -0.118. The average molecular weight is 343 g/mol. The van der Waals surface area contributed by atoms with Gasteiger partial charge in [-0.3, -0.25) is 4.79 Å². The molecular formula is C19H21NO5. The number of carbonyl (C=O) groups excluding carboxylic acids is 2. The molecule has 132 valence electrons. The van der Waals surface area contributed by atoms with Gasteiger partial charge in [0.1, 0.15) is 11.5 Å². The maximum atomic E-state index is 12.0. The van der Waals surface area contributed by atoms with E-state index in [0.717, 1.165) is 6.42 Å². The normalized spacial score (nSPS) is 10.0. The predicted molar refractivity (Wildman–Crippen MR) is 94.1 cm³/mol. The first-order chi connectivity index (χ1) is 12.1. The maximum absolute atomic E-state index is 12.0. The smallest absolute Gasteiger partial charge is 0.337 e. The first-order valence-corrected chi connectivity index (χ1v) is 7.96. The van der Waals surface area contributed by atoms with Gasteiger partial charge in [0.25, 0.3) is 5.91 Å². The van der Waals surface area contributed by atoms with Crippen molar-refractivity contribution in [2.24, 2.45) is 0 Å². The highest BCUT2D eigenvalue weighted by Gasteiger charge is 2.07. The summed E-state index contributed by atoms with van der Waals surface area (Å²) in [5.41, 5.74) is 0.988. The van der Waals surface area contributed by atoms with Gasteiger partial charge in [-0.25, -0.2) is 4.79 Å². The van der Waals surface area contributed by atoms with E-state index in [9.17, 15) is 9.59 Å². The SMILES string of the molecule is CCCOc1cccc(OCC(=O)Nc2ccc(C(=O)OC)cc2)c1. The Morgan fingerprint density at radius 3 is 2.32 bits per heavy atom. The molecule has 0 aliphatic rings. The number of hydrogen-bond donors (Lipinski definition) is 1. The van der Waals surface area contributed by atoms with Crippen LogP contribution < -0.4 is 14.8 Å². The van der Waals surface area contributed by atoms with Crippen LogP contribution in [0.3, 0.4) is 0 Å². The molecule has 0 bridgehead atoms. The molecule has 0 radical (unpaired) electrons. The molecule has 2 aromatic carbocycles. The molecule has 0 atom stereocenters. The van der Waals surface area contributed by atoms with Crippen LogP contribution in [0.4, 0.5) is 5.69 Å². The van der Waals surface area contributed by atoms with Gasteiger partial charge in [0.05, 0.1) is 19.3 Å². The molecule has 6 heteroatoms. The van der Waals surface area contributed by atoms with Crippen LogP contribution in [0.25, 0.3) is 0 Å². The van der Waals surface area contributed by atoms with Crippen LogP contribution in [0, 0.1) is 0 Å². The molecule has 0 saturated carbocycles. The van der Waals surface area contributed by atoms with Crippen LogP contribution in [-0.2, 0) is 9.53 Å². The first kappa shape index (κ1) is 18.3. The Balaban J connectivity index is 1.85. The number of carbonyl (C=O) groups is 2. The van der Waals surface area contributed by atoms with E-state index in [1.54, 1.807) is 36.4 Å². The first-order valence-electron chi connectivity index (χ1n) is 7.96. The highest BCUT2D eigenvalue weighted by atomic mass is 16.5. The van der Waals surface area contributed by atoms with Crippen molar-refractivity contribution < 1.29 is 23.8 Å². The molecule has 25 heavy (non-hydrogen) atoms. The lowest BCUT2D eigenvalue weighted by Gasteiger charge is -2.10. The summed E-state index contributed by atoms with van der Waals surface area (Å²) in [6.45, 7) is 2.53. The second-order valence-electron chi connectivity index (χ2n) is 5.23. The average Bonchev–Trinajstić information content (AvgIpc) is 2.65. The van der Waals surface area contributed by atoms with Gasteiger partial charge in [0.15, 0.2) is 6.61 Å². The van der Waals surface area contributed by atoms with Gasteiger partial charge in [-0.1, -0.05) is 13.0 Å². The number of benzene rings is 2. The second-order valence-corrected chi connectivity index (χ2v) is 5.23. The van der Waals surface area contributed by atoms with E-state index in [1.165, 1.54) is 7.11 Å². The second kappa shape index (κ2) is 9.32. The third-order valence-electron chi connectivity index (χ3n) is 3.24. The highest BCUT2D eigenvalue weighted by molar-refractivity contribution is 5.93. The molecule has 0 aliphatic heterocycles. The number of hydrogen-bond acceptors (Lipinski definition) is 5. The Morgan fingerprint density at radius 2 is 1.68 bits per heavy atom. The zero-order valence-electron chi connectivity index (χ0n) is 14.3. The molecule has 0 spiro atoms. The number of rotatable bonds is 8. The van der Waals surface area contributed by atoms with Crippen LogP contribution in [0.1, 0.15) is 23.7 Å². The highest BCUT2D eigenvalue weighted by Crippen LogP contribution is 2.19. The molecule has 0 saturated heterocycles. The quantitative estimate of drug-likeness (QED) is 0.745. The molecule has 0 unspecified atom stereocenters. The molecule has 2 rings (SSSR count). The Bertz CT molecular complexity index is 712. The molecule has 6 nitrogen and oxygen atoms in total. The van der Waals surface area contributed by atoms with Crippen molar-refractivity contribution in [3.8, 4) is 11.5 Å². The lowest BCUT2D eigenvalue weighted by Crippen LogP contribution is -2.20. The van der Waals surface area contributed by atoms with Gasteiger partial charge in [0, 0.05) is 11.8 Å². The van der Waals surface area contributed by atoms with Crippen molar-refractivity contribution in [3.05, 3.63) is 54.1 Å². The van der Waals surface area contributed by atoms with E-state index in [2.05, 4.69) is 10.1 Å². The molecule has 0 fully saturated rings. The summed E-state index contributed by atoms with van der Waals surface area (Å²) in [6, 6.07) is 13.6. The summed E-state index contributed by atoms with van der Waals surface area (Å²) in [4.78, 5) is 23.3. The van der Waals surface area contributed by atoms with Crippen molar-refractivity contribution in [2.75, 3.05) is 25.6 Å². The van der Waals surface area contributed by atoms with Crippen molar-refractivity contribution >= 4 is 17.6 Å². The van der Waals surface area contributed by atoms with Crippen LogP contribution >= 0.6 is 0 Å². The van der Waals surface area contributed by atoms with E-state index in [-0.39, 0.29) is 12.5 Å². The Kier molecular flexibility index (Phi) is 6.83. The summed E-state index contributed by atoms with van der Waals surface area (Å²) in [6.07, 6.45) is 0.919. The predicted octanol–water partition coefficient (Wildman–Crippen LogP) is 3.28. The third kappa shape index (κ3) is 5.84. The molecule has 1 amide bonds. The van der Waals surface area contributed by atoms with Gasteiger partial charge in [-0.05, 0) is 42.8 Å². The van der Waals surface area contributed by atoms with Crippen LogP contribution in [-0.4, -0.2) is 32.2 Å². The molecule has 0 heterocycles. The minimum Gasteiger partial charge on any atom is -0.493 e. The standard InChI is InChI=1S/C19H21NO5/c1-3-11-24-16-5-4-6-17(12-16)25-13-18(21)20-15-9-7-14(8-10-15)19(22)23-2/h4-10,12H,3,11,13H2,1-2H3,(H,20,21). The minimum atomic E-state index is -0.425. The van der Waals surface area contributed by atoms with Gasteiger partial charge >= 0.3 is 5.97 Å². The number of methoxy groups -OCH3 is 1. The third-order valence-corrected chi connectivity index (χ3v) is 3.24. The van der Waals surface area contributed by atoms with Crippen LogP contribution in [0.15, 0.2) is 48.5 Å². The van der Waals surface area contributed by atoms with Crippen molar-refractivity contribution in [1.29, 1.82) is 0 Å². The van der Waals surface area contributed by atoms with E-state index in [4.69, 9.17) is 9.47 Å². The lowest BCUT2D eigenvalue weighted by atomic mass is 10.2. The summed E-state index contributed by atoms with van der Waals surface area (Å²) in [7, 11) is 1.32. The molecule has 1 N–H and O–H groups in total. The minimum absolute atomic E-state index is 0.129. The topological polar surface area (TPSA) is 73.9 Å². The Labute approximate surface area is 146 Å². The van der Waals surface area contributed by atoms with Gasteiger partial charge in [-0.2, -0.15) is 0 Å². The molecule has 2 aromatic rings. The number of anilines is 1. The zero-order chi connectivity index (χ0) is 18.1. The Hall–Kier alpha value is -3.02. The fourth-order valence-electron chi connectivity index (χ4n) is 2.03. The molecule has 0 aliphatic carbocycles. The molecular weight excluding hydrogens is 322 g/mol. The summed E-state index contributed by atoms with van der Waals surface area (Å²) in [5.74, 6) is 0.542. The summed E-state index contributed by atoms with van der Waals surface area (Å²) < 4.78 is 15.6. The van der Waals surface area contributed by atoms with E-state index in [1.807, 2.05) is 19.1 Å². The monoisotopic (exact) mass is 343 g/mol. The van der Waals surface area contributed by atoms with Gasteiger partial charge in [0.2, 0.25) is 0 Å². The summed E-state index contributed by atoms with van der Waals surface area (Å²) >= 11 is 0. The number of esters is 1. The van der Waals surface area contributed by atoms with Crippen LogP contribution in [0.5, 0.6) is 11.5 Å². The van der Waals surface area contributed by atoms with Crippen LogP contribution in [0.2, 0.25) is 0 Å². The van der Waals surface area contributed by atoms with E-state index >= 15 is 0 Å². The zero-order valence-corrected chi connectivity index (χ0v) is 14.3. The fourth-order valence-corrected chi connectivity index (χ4v) is 2.03. The van der Waals surface area contributed by atoms with Crippen molar-refractivity contribution in [2.45, 2.75) is 13.3 Å². The maximum Gasteiger partial charge on any atom is 0.337 e. The number of nitrogens with one attached hydrogen (secondary N) is 1. The fraction of sp³-hybridized carbons (Fsp3) is 0.263. The summed E-state index contributed by atoms with van der Waals surface area (Å²) in [5, 5.41) is 2.70. The van der Waals surface area contributed by atoms with Crippen molar-refractivity contribution in [1.82, 2.24) is 0 Å². The molecule has 0 aromatic heterocycles. The number of ether oxygens (including phenoxy) is 3. The van der Waals surface area contributed by atoms with Gasteiger partial charge < -0.3 is 19.5 Å². The van der Waals surface area contributed by atoms with Gasteiger partial charge in [-0.15, -0.1) is 0 Å².